The molecule has 134 valence electrons. The zero-order valence-corrected chi connectivity index (χ0v) is 16.7. The summed E-state index contributed by atoms with van der Waals surface area (Å²) in [6.07, 6.45) is -0.299. The second-order valence-electron chi connectivity index (χ2n) is 7.08. The summed E-state index contributed by atoms with van der Waals surface area (Å²) in [7, 11) is 0. The number of ether oxygens (including phenoxy) is 1. The molecule has 2 rings (SSSR count). The average Bonchev–Trinajstić information content (AvgIpc) is 2.47. The molecular weight excluding hydrogens is 399 g/mol. The van der Waals surface area contributed by atoms with Gasteiger partial charge < -0.3 is 9.64 Å². The van der Waals surface area contributed by atoms with Crippen LogP contribution in [0, 0.1) is 5.82 Å². The summed E-state index contributed by atoms with van der Waals surface area (Å²) < 4.78 is 20.2. The summed E-state index contributed by atoms with van der Waals surface area (Å²) in [5.74, 6) is -0.396. The average molecular weight is 422 g/mol. The van der Waals surface area contributed by atoms with Crippen LogP contribution in [0.1, 0.15) is 33.3 Å². The highest BCUT2D eigenvalue weighted by atomic mass is 79.9. The van der Waals surface area contributed by atoms with Crippen molar-refractivity contribution in [3.8, 4) is 0 Å². The predicted octanol–water partition coefficient (Wildman–Crippen LogP) is 4.68. The van der Waals surface area contributed by atoms with Crippen LogP contribution in [0.5, 0.6) is 0 Å². The van der Waals surface area contributed by atoms with Crippen LogP contribution in [0.3, 0.4) is 0 Å². The molecule has 0 unspecified atom stereocenters. The molecule has 1 aromatic carbocycles. The van der Waals surface area contributed by atoms with E-state index < -0.39 is 11.4 Å². The van der Waals surface area contributed by atoms with Crippen molar-refractivity contribution in [3.05, 3.63) is 33.0 Å². The highest BCUT2D eigenvalue weighted by Crippen LogP contribution is 2.29. The lowest BCUT2D eigenvalue weighted by Gasteiger charge is -2.40. The van der Waals surface area contributed by atoms with Crippen LogP contribution in [0.15, 0.2) is 16.6 Å². The van der Waals surface area contributed by atoms with Gasteiger partial charge in [0, 0.05) is 42.3 Å². The van der Waals surface area contributed by atoms with E-state index in [0.717, 1.165) is 0 Å². The molecule has 24 heavy (non-hydrogen) atoms. The van der Waals surface area contributed by atoms with Gasteiger partial charge in [0.1, 0.15) is 11.4 Å². The van der Waals surface area contributed by atoms with Gasteiger partial charge in [0.2, 0.25) is 0 Å². The van der Waals surface area contributed by atoms with Crippen LogP contribution in [-0.4, -0.2) is 47.2 Å². The Labute approximate surface area is 156 Å². The topological polar surface area (TPSA) is 32.8 Å². The molecule has 1 fully saturated rings. The van der Waals surface area contributed by atoms with E-state index in [4.69, 9.17) is 16.3 Å². The van der Waals surface area contributed by atoms with Gasteiger partial charge in [0.05, 0.1) is 5.02 Å². The molecule has 0 radical (unpaired) electrons. The van der Waals surface area contributed by atoms with Gasteiger partial charge in [-0.2, -0.15) is 0 Å². The van der Waals surface area contributed by atoms with E-state index in [-0.39, 0.29) is 17.2 Å². The first-order valence-electron chi connectivity index (χ1n) is 7.93. The molecule has 0 aliphatic carbocycles. The molecular formula is C17H23BrClFN2O2. The van der Waals surface area contributed by atoms with Crippen molar-refractivity contribution in [2.45, 2.75) is 45.9 Å². The number of rotatable bonds is 2. The summed E-state index contributed by atoms with van der Waals surface area (Å²) in [6.45, 7) is 9.82. The number of carbonyl (C=O) groups is 1. The van der Waals surface area contributed by atoms with E-state index in [1.165, 1.54) is 0 Å². The lowest BCUT2D eigenvalue weighted by Crippen LogP contribution is -2.54. The molecule has 1 aliphatic heterocycles. The third kappa shape index (κ3) is 4.83. The Morgan fingerprint density at radius 3 is 2.67 bits per heavy atom. The van der Waals surface area contributed by atoms with Crippen LogP contribution >= 0.6 is 27.5 Å². The maximum atomic E-state index is 14.3. The van der Waals surface area contributed by atoms with Crippen molar-refractivity contribution in [3.63, 3.8) is 0 Å². The number of amides is 1. The number of nitrogens with zero attached hydrogens (tertiary/aromatic N) is 2. The monoisotopic (exact) mass is 420 g/mol. The minimum absolute atomic E-state index is 0.104. The second kappa shape index (κ2) is 7.58. The van der Waals surface area contributed by atoms with Crippen LogP contribution in [0.25, 0.3) is 0 Å². The summed E-state index contributed by atoms with van der Waals surface area (Å²) in [4.78, 5) is 16.0. The first-order valence-corrected chi connectivity index (χ1v) is 9.10. The second-order valence-corrected chi connectivity index (χ2v) is 8.31. The highest BCUT2D eigenvalue weighted by Gasteiger charge is 2.30. The predicted molar refractivity (Wildman–Crippen MR) is 96.8 cm³/mol. The number of carbonyl (C=O) groups excluding carboxylic acids is 1. The Balaban J connectivity index is 1.99. The summed E-state index contributed by atoms with van der Waals surface area (Å²) in [6, 6.07) is 3.59. The maximum absolute atomic E-state index is 14.3. The molecule has 0 bridgehead atoms. The number of hydrogen-bond donors (Lipinski definition) is 0. The normalized spacial score (nSPS) is 19.5. The smallest absolute Gasteiger partial charge is 0.410 e. The lowest BCUT2D eigenvalue weighted by atomic mass is 10.1. The van der Waals surface area contributed by atoms with Gasteiger partial charge in [-0.05, 0) is 49.7 Å². The van der Waals surface area contributed by atoms with Gasteiger partial charge in [0.15, 0.2) is 0 Å². The van der Waals surface area contributed by atoms with E-state index in [1.54, 1.807) is 17.0 Å². The molecule has 1 atom stereocenters. The minimum Gasteiger partial charge on any atom is -0.444 e. The van der Waals surface area contributed by atoms with E-state index in [0.29, 0.717) is 36.2 Å². The van der Waals surface area contributed by atoms with Crippen molar-refractivity contribution in [2.75, 3.05) is 19.6 Å². The number of halogens is 3. The lowest BCUT2D eigenvalue weighted by molar-refractivity contribution is 0.00446. The number of benzene rings is 1. The molecule has 1 aliphatic rings. The van der Waals surface area contributed by atoms with Crippen molar-refractivity contribution in [1.29, 1.82) is 0 Å². The van der Waals surface area contributed by atoms with Gasteiger partial charge >= 0.3 is 6.09 Å². The van der Waals surface area contributed by atoms with Gasteiger partial charge in [0.25, 0.3) is 0 Å². The molecule has 1 aromatic rings. The van der Waals surface area contributed by atoms with Gasteiger partial charge in [-0.1, -0.05) is 17.7 Å². The minimum atomic E-state index is -0.505. The first-order chi connectivity index (χ1) is 11.1. The van der Waals surface area contributed by atoms with E-state index in [9.17, 15) is 9.18 Å². The summed E-state index contributed by atoms with van der Waals surface area (Å²) in [5.41, 5.74) is 0.0511. The molecule has 1 saturated heterocycles. The fourth-order valence-corrected chi connectivity index (χ4v) is 3.12. The van der Waals surface area contributed by atoms with Crippen LogP contribution < -0.4 is 0 Å². The van der Waals surface area contributed by atoms with Crippen LogP contribution in [0.2, 0.25) is 5.02 Å². The Bertz CT molecular complexity index is 621. The Morgan fingerprint density at radius 1 is 1.42 bits per heavy atom. The molecule has 0 N–H and O–H groups in total. The van der Waals surface area contributed by atoms with Gasteiger partial charge in [-0.15, -0.1) is 0 Å². The van der Waals surface area contributed by atoms with Crippen LogP contribution in [0.4, 0.5) is 9.18 Å². The highest BCUT2D eigenvalue weighted by molar-refractivity contribution is 9.10. The number of piperazine rings is 1. The fraction of sp³-hybridized carbons (Fsp3) is 0.588. The van der Waals surface area contributed by atoms with Crippen molar-refractivity contribution >= 4 is 33.6 Å². The van der Waals surface area contributed by atoms with Crippen molar-refractivity contribution in [1.82, 2.24) is 9.80 Å². The summed E-state index contributed by atoms with van der Waals surface area (Å²) >= 11 is 9.17. The third-order valence-electron chi connectivity index (χ3n) is 3.91. The molecule has 0 spiro atoms. The van der Waals surface area contributed by atoms with E-state index in [1.807, 2.05) is 27.7 Å². The Kier molecular flexibility index (Phi) is 6.15. The Morgan fingerprint density at radius 2 is 2.08 bits per heavy atom. The maximum Gasteiger partial charge on any atom is 0.410 e. The molecule has 0 aromatic heterocycles. The SMILES string of the molecule is C[C@@H]1CN(C(=O)OC(C)(C)C)CCN1Cc1ccc(Br)c(Cl)c1F. The molecule has 0 saturated carbocycles. The van der Waals surface area contributed by atoms with Crippen molar-refractivity contribution in [2.24, 2.45) is 0 Å². The largest absolute Gasteiger partial charge is 0.444 e. The zero-order valence-electron chi connectivity index (χ0n) is 14.4. The van der Waals surface area contributed by atoms with Gasteiger partial charge in [-0.3, -0.25) is 4.90 Å². The standard InChI is InChI=1S/C17H23BrClFN2O2/c1-11-9-22(16(23)24-17(2,3)4)8-7-21(11)10-12-5-6-13(18)14(19)15(12)20/h5-6,11H,7-10H2,1-4H3/t11-/m1/s1. The quantitative estimate of drug-likeness (QED) is 0.650. The molecule has 4 nitrogen and oxygen atoms in total. The fourth-order valence-electron chi connectivity index (χ4n) is 2.63. The third-order valence-corrected chi connectivity index (χ3v) is 5.16. The van der Waals surface area contributed by atoms with Crippen LogP contribution in [-0.2, 0) is 11.3 Å². The Hall–Kier alpha value is -0.850. The van der Waals surface area contributed by atoms with E-state index >= 15 is 0 Å². The van der Waals surface area contributed by atoms with Crippen molar-refractivity contribution < 1.29 is 13.9 Å². The zero-order chi connectivity index (χ0) is 18.1. The molecule has 1 amide bonds. The first kappa shape index (κ1) is 19.5. The molecule has 1 heterocycles. The summed E-state index contributed by atoms with van der Waals surface area (Å²) in [5, 5.41) is 0.104. The van der Waals surface area contributed by atoms with Gasteiger partial charge in [-0.25, -0.2) is 9.18 Å². The number of hydrogen-bond acceptors (Lipinski definition) is 3. The van der Waals surface area contributed by atoms with E-state index in [2.05, 4.69) is 20.8 Å². The molecule has 7 heteroatoms.